The Morgan fingerprint density at radius 2 is 2.18 bits per heavy atom. The molecule has 0 saturated heterocycles. The fourth-order valence-corrected chi connectivity index (χ4v) is 3.83. The van der Waals surface area contributed by atoms with Crippen LogP contribution in [0.2, 0.25) is 5.02 Å². The molecule has 10 heteroatoms. The maximum atomic E-state index is 14.3. The molecule has 1 unspecified atom stereocenters. The van der Waals surface area contributed by atoms with Gasteiger partial charge in [-0.25, -0.2) is 9.37 Å². The minimum atomic E-state index is -1.24. The Balaban J connectivity index is 1.55. The quantitative estimate of drug-likeness (QED) is 0.677. The summed E-state index contributed by atoms with van der Waals surface area (Å²) in [6, 6.07) is 5.27. The van der Waals surface area contributed by atoms with Crippen LogP contribution in [0.3, 0.4) is 0 Å². The number of nitriles is 1. The van der Waals surface area contributed by atoms with E-state index in [0.717, 1.165) is 25.7 Å². The summed E-state index contributed by atoms with van der Waals surface area (Å²) in [5.41, 5.74) is 1.17. The highest BCUT2D eigenvalue weighted by molar-refractivity contribution is 6.61. The summed E-state index contributed by atoms with van der Waals surface area (Å²) in [4.78, 5) is 8.53. The predicted molar refractivity (Wildman–Crippen MR) is 104 cm³/mol. The molecule has 144 valence electrons. The molecule has 2 heterocycles. The first-order valence-corrected chi connectivity index (χ1v) is 9.50. The number of anilines is 3. The summed E-state index contributed by atoms with van der Waals surface area (Å²) in [6.07, 6.45) is 5.28. The van der Waals surface area contributed by atoms with E-state index in [1.807, 2.05) is 0 Å². The van der Waals surface area contributed by atoms with Gasteiger partial charge in [-0.1, -0.05) is 24.4 Å². The molecule has 28 heavy (non-hydrogen) atoms. The van der Waals surface area contributed by atoms with Crippen LogP contribution in [0, 0.1) is 23.1 Å². The second kappa shape index (κ2) is 7.91. The molecule has 2 atom stereocenters. The topological polar surface area (TPSA) is 103 Å². The van der Waals surface area contributed by atoms with Crippen molar-refractivity contribution in [2.75, 3.05) is 10.6 Å². The molecule has 1 saturated carbocycles. The monoisotopic (exact) mass is 401 g/mol. The Morgan fingerprint density at radius 1 is 1.36 bits per heavy atom. The van der Waals surface area contributed by atoms with E-state index in [2.05, 4.69) is 26.7 Å². The largest absolute Gasteiger partial charge is 0.494 e. The van der Waals surface area contributed by atoms with Gasteiger partial charge in [0.1, 0.15) is 10.8 Å². The number of aromatic nitrogens is 2. The number of nitrogens with zero attached hydrogens (tertiary/aromatic N) is 3. The molecular formula is C18H18BClFN5O2. The van der Waals surface area contributed by atoms with Gasteiger partial charge in [-0.2, -0.15) is 10.2 Å². The molecule has 2 aromatic rings. The molecule has 4 rings (SSSR count). The van der Waals surface area contributed by atoms with Crippen LogP contribution in [0.4, 0.5) is 21.8 Å². The number of nitrogens with one attached hydrogen (secondary N) is 2. The molecule has 3 N–H and O–H groups in total. The Labute approximate surface area is 167 Å². The lowest BCUT2D eigenvalue weighted by atomic mass is 9.79. The van der Waals surface area contributed by atoms with Gasteiger partial charge < -0.3 is 20.3 Å². The van der Waals surface area contributed by atoms with E-state index in [9.17, 15) is 14.7 Å². The summed E-state index contributed by atoms with van der Waals surface area (Å²) in [7, 11) is -1.24. The van der Waals surface area contributed by atoms with Crippen LogP contribution < -0.4 is 16.1 Å². The maximum absolute atomic E-state index is 14.3. The Hall–Kier alpha value is -2.41. The van der Waals surface area contributed by atoms with Crippen molar-refractivity contribution in [1.82, 2.24) is 9.97 Å². The fourth-order valence-electron chi connectivity index (χ4n) is 3.69. The molecule has 1 aliphatic heterocycles. The number of hydrogen-bond acceptors (Lipinski definition) is 7. The van der Waals surface area contributed by atoms with Crippen molar-refractivity contribution in [3.05, 3.63) is 34.7 Å². The first-order valence-electron chi connectivity index (χ1n) is 9.13. The van der Waals surface area contributed by atoms with Crippen LogP contribution in [0.5, 0.6) is 0 Å². The summed E-state index contributed by atoms with van der Waals surface area (Å²) < 4.78 is 19.3. The van der Waals surface area contributed by atoms with Gasteiger partial charge in [-0.05, 0) is 30.5 Å². The number of rotatable bonds is 4. The molecule has 1 fully saturated rings. The third-order valence-corrected chi connectivity index (χ3v) is 5.39. The second-order valence-electron chi connectivity index (χ2n) is 6.98. The zero-order chi connectivity index (χ0) is 19.7. The van der Waals surface area contributed by atoms with Gasteiger partial charge in [-0.3, -0.25) is 0 Å². The van der Waals surface area contributed by atoms with E-state index in [-0.39, 0.29) is 30.0 Å². The highest BCUT2D eigenvalue weighted by Gasteiger charge is 2.31. The lowest BCUT2D eigenvalue weighted by molar-refractivity contribution is 0.275. The molecule has 7 nitrogen and oxygen atoms in total. The van der Waals surface area contributed by atoms with E-state index in [1.165, 1.54) is 12.3 Å². The SMILES string of the molecule is N#CC1CCCC[C@@H]1Nc1nc(Nc2cc(F)c3c(c2)COB3O)ncc1Cl. The third kappa shape index (κ3) is 3.76. The molecule has 0 radical (unpaired) electrons. The molecular weight excluding hydrogens is 383 g/mol. The van der Waals surface area contributed by atoms with Crippen molar-refractivity contribution in [3.8, 4) is 6.07 Å². The highest BCUT2D eigenvalue weighted by atomic mass is 35.5. The maximum Gasteiger partial charge on any atom is 0.494 e. The Morgan fingerprint density at radius 3 is 3.00 bits per heavy atom. The van der Waals surface area contributed by atoms with Crippen LogP contribution in [0.15, 0.2) is 18.3 Å². The molecule has 0 spiro atoms. The van der Waals surface area contributed by atoms with Crippen molar-refractivity contribution in [2.24, 2.45) is 5.92 Å². The number of fused-ring (bicyclic) bond motifs is 1. The summed E-state index contributed by atoms with van der Waals surface area (Å²) in [6.45, 7) is 0.133. The lowest BCUT2D eigenvalue weighted by Crippen LogP contribution is -2.31. The normalized spacial score (nSPS) is 21.1. The lowest BCUT2D eigenvalue weighted by Gasteiger charge is -2.28. The standard InChI is InChI=1S/C18H18BClFN5O2/c20-13-8-23-18(26-17(13)25-15-4-2-1-3-10(15)7-22)24-12-5-11-9-28-19(27)16(11)14(21)6-12/h5-6,8,10,15,27H,1-4,9H2,(H2,23,24,25,26)/t10?,15-/m0/s1. The molecule has 0 bridgehead atoms. The minimum Gasteiger partial charge on any atom is -0.423 e. The number of hydrogen-bond donors (Lipinski definition) is 3. The van der Waals surface area contributed by atoms with Gasteiger partial charge >= 0.3 is 7.12 Å². The second-order valence-corrected chi connectivity index (χ2v) is 7.39. The van der Waals surface area contributed by atoms with E-state index in [1.54, 1.807) is 6.07 Å². The van der Waals surface area contributed by atoms with Crippen molar-refractivity contribution >= 4 is 41.6 Å². The molecule has 0 amide bonds. The summed E-state index contributed by atoms with van der Waals surface area (Å²) in [5, 5.41) is 25.6. The molecule has 1 aliphatic carbocycles. The van der Waals surface area contributed by atoms with E-state index in [0.29, 0.717) is 22.1 Å². The first kappa shape index (κ1) is 18.9. The Bertz CT molecular complexity index is 941. The Kier molecular flexibility index (Phi) is 5.35. The first-order chi connectivity index (χ1) is 13.5. The van der Waals surface area contributed by atoms with E-state index >= 15 is 0 Å². The average molecular weight is 402 g/mol. The van der Waals surface area contributed by atoms with E-state index < -0.39 is 12.9 Å². The molecule has 2 aliphatic rings. The molecule has 1 aromatic carbocycles. The van der Waals surface area contributed by atoms with Gasteiger partial charge in [0.25, 0.3) is 0 Å². The highest BCUT2D eigenvalue weighted by Crippen LogP contribution is 2.29. The summed E-state index contributed by atoms with van der Waals surface area (Å²) in [5.74, 6) is 0.0338. The number of halogens is 2. The van der Waals surface area contributed by atoms with Crippen LogP contribution in [0.1, 0.15) is 31.2 Å². The fraction of sp³-hybridized carbons (Fsp3) is 0.389. The summed E-state index contributed by atoms with van der Waals surface area (Å²) >= 11 is 6.22. The van der Waals surface area contributed by atoms with Crippen LogP contribution in [-0.4, -0.2) is 28.2 Å². The van der Waals surface area contributed by atoms with Crippen LogP contribution in [0.25, 0.3) is 0 Å². The van der Waals surface area contributed by atoms with Crippen LogP contribution in [-0.2, 0) is 11.3 Å². The number of benzene rings is 1. The smallest absolute Gasteiger partial charge is 0.423 e. The van der Waals surface area contributed by atoms with Crippen molar-refractivity contribution in [2.45, 2.75) is 38.3 Å². The third-order valence-electron chi connectivity index (χ3n) is 5.11. The van der Waals surface area contributed by atoms with Gasteiger partial charge in [-0.15, -0.1) is 0 Å². The minimum absolute atomic E-state index is 0.0184. The zero-order valence-electron chi connectivity index (χ0n) is 15.0. The van der Waals surface area contributed by atoms with Gasteiger partial charge in [0, 0.05) is 17.2 Å². The van der Waals surface area contributed by atoms with E-state index in [4.69, 9.17) is 16.3 Å². The van der Waals surface area contributed by atoms with Crippen molar-refractivity contribution < 1.29 is 14.1 Å². The zero-order valence-corrected chi connectivity index (χ0v) is 15.7. The van der Waals surface area contributed by atoms with Gasteiger partial charge in [0.05, 0.1) is 24.8 Å². The van der Waals surface area contributed by atoms with Gasteiger partial charge in [0.15, 0.2) is 5.82 Å². The average Bonchev–Trinajstić information content (AvgIpc) is 3.06. The predicted octanol–water partition coefficient (Wildman–Crippen LogP) is 2.72. The van der Waals surface area contributed by atoms with Crippen molar-refractivity contribution in [3.63, 3.8) is 0 Å². The van der Waals surface area contributed by atoms with Gasteiger partial charge in [0.2, 0.25) is 5.95 Å². The molecule has 1 aromatic heterocycles. The van der Waals surface area contributed by atoms with Crippen molar-refractivity contribution in [1.29, 1.82) is 5.26 Å². The van der Waals surface area contributed by atoms with Crippen LogP contribution >= 0.6 is 11.6 Å².